The number of aromatic carboxylic acids is 1. The molecule has 0 amide bonds. The maximum absolute atomic E-state index is 13.8. The van der Waals surface area contributed by atoms with Crippen LogP contribution < -0.4 is 0 Å². The molecule has 2 N–H and O–H groups in total. The fraction of sp³-hybridized carbons (Fsp3) is 0.0667. The number of hydrogen-bond acceptors (Lipinski definition) is 2. The van der Waals surface area contributed by atoms with Crippen LogP contribution in [0.5, 0.6) is 0 Å². The van der Waals surface area contributed by atoms with E-state index in [1.165, 1.54) is 6.07 Å². The SMILES string of the molecule is Cc1ccc(F)c(-c2nc3cc(C(=O)O)c(F)cc3[nH]2)c1. The summed E-state index contributed by atoms with van der Waals surface area (Å²) in [7, 11) is 0. The van der Waals surface area contributed by atoms with E-state index in [0.29, 0.717) is 5.52 Å². The fourth-order valence-electron chi connectivity index (χ4n) is 2.14. The molecule has 4 nitrogen and oxygen atoms in total. The van der Waals surface area contributed by atoms with Crippen LogP contribution in [0.25, 0.3) is 22.4 Å². The Hall–Kier alpha value is -2.76. The molecule has 0 saturated carbocycles. The topological polar surface area (TPSA) is 66.0 Å². The van der Waals surface area contributed by atoms with E-state index in [1.807, 2.05) is 6.92 Å². The second kappa shape index (κ2) is 4.66. The minimum Gasteiger partial charge on any atom is -0.478 e. The minimum absolute atomic E-state index is 0.230. The zero-order valence-electron chi connectivity index (χ0n) is 10.9. The number of aromatic nitrogens is 2. The zero-order valence-corrected chi connectivity index (χ0v) is 10.9. The van der Waals surface area contributed by atoms with E-state index in [9.17, 15) is 13.6 Å². The highest BCUT2D eigenvalue weighted by Gasteiger charge is 2.16. The fourth-order valence-corrected chi connectivity index (χ4v) is 2.14. The molecule has 0 radical (unpaired) electrons. The van der Waals surface area contributed by atoms with Crippen molar-refractivity contribution < 1.29 is 18.7 Å². The Morgan fingerprint density at radius 3 is 2.67 bits per heavy atom. The largest absolute Gasteiger partial charge is 0.478 e. The molecule has 3 aromatic rings. The molecule has 0 aliphatic heterocycles. The molecule has 0 fully saturated rings. The number of nitrogens with one attached hydrogen (secondary N) is 1. The Bertz CT molecular complexity index is 871. The average molecular weight is 288 g/mol. The van der Waals surface area contributed by atoms with Gasteiger partial charge < -0.3 is 10.1 Å². The number of carbonyl (C=O) groups is 1. The van der Waals surface area contributed by atoms with Crippen LogP contribution in [0.1, 0.15) is 15.9 Å². The van der Waals surface area contributed by atoms with Crippen molar-refractivity contribution >= 4 is 17.0 Å². The van der Waals surface area contributed by atoms with Crippen LogP contribution in [-0.4, -0.2) is 21.0 Å². The number of aromatic amines is 1. The smallest absolute Gasteiger partial charge is 0.338 e. The van der Waals surface area contributed by atoms with Crippen molar-refractivity contribution in [3.05, 3.63) is 53.1 Å². The number of carboxylic acid groups (broad SMARTS) is 1. The van der Waals surface area contributed by atoms with Crippen LogP contribution in [0.4, 0.5) is 8.78 Å². The average Bonchev–Trinajstić information content (AvgIpc) is 2.82. The Morgan fingerprint density at radius 1 is 1.19 bits per heavy atom. The van der Waals surface area contributed by atoms with Crippen LogP contribution in [0.15, 0.2) is 30.3 Å². The molecule has 0 saturated heterocycles. The maximum atomic E-state index is 13.8. The molecule has 0 spiro atoms. The van der Waals surface area contributed by atoms with Gasteiger partial charge in [0.2, 0.25) is 0 Å². The molecule has 2 aromatic carbocycles. The molecule has 0 atom stereocenters. The lowest BCUT2D eigenvalue weighted by Gasteiger charge is -2.00. The first kappa shape index (κ1) is 13.2. The van der Waals surface area contributed by atoms with Crippen LogP contribution >= 0.6 is 0 Å². The molecule has 106 valence electrons. The molecule has 21 heavy (non-hydrogen) atoms. The summed E-state index contributed by atoms with van der Waals surface area (Å²) in [4.78, 5) is 17.8. The van der Waals surface area contributed by atoms with Crippen LogP contribution in [0, 0.1) is 18.6 Å². The van der Waals surface area contributed by atoms with Crippen molar-refractivity contribution in [1.29, 1.82) is 0 Å². The zero-order chi connectivity index (χ0) is 15.1. The number of carboxylic acids is 1. The van der Waals surface area contributed by atoms with E-state index in [0.717, 1.165) is 17.7 Å². The van der Waals surface area contributed by atoms with Gasteiger partial charge in [0.25, 0.3) is 0 Å². The molecular formula is C15H10F2N2O2. The third kappa shape index (κ3) is 2.24. The predicted molar refractivity (Wildman–Crippen MR) is 73.1 cm³/mol. The molecule has 1 aromatic heterocycles. The summed E-state index contributed by atoms with van der Waals surface area (Å²) >= 11 is 0. The molecule has 0 aliphatic carbocycles. The summed E-state index contributed by atoms with van der Waals surface area (Å²) < 4.78 is 27.5. The molecule has 0 unspecified atom stereocenters. The molecular weight excluding hydrogens is 278 g/mol. The summed E-state index contributed by atoms with van der Waals surface area (Å²) in [6, 6.07) is 6.73. The Morgan fingerprint density at radius 2 is 1.95 bits per heavy atom. The molecule has 1 heterocycles. The summed E-state index contributed by atoms with van der Waals surface area (Å²) in [5, 5.41) is 8.89. The molecule has 3 rings (SSSR count). The van der Waals surface area contributed by atoms with Gasteiger partial charge >= 0.3 is 5.97 Å². The summed E-state index contributed by atoms with van der Waals surface area (Å²) in [6.45, 7) is 1.81. The van der Waals surface area contributed by atoms with Gasteiger partial charge in [0.15, 0.2) is 0 Å². The monoisotopic (exact) mass is 288 g/mol. The van der Waals surface area contributed by atoms with E-state index < -0.39 is 23.2 Å². The van der Waals surface area contributed by atoms with Gasteiger partial charge in [0.1, 0.15) is 17.5 Å². The summed E-state index contributed by atoms with van der Waals surface area (Å²) in [6.07, 6.45) is 0. The van der Waals surface area contributed by atoms with Gasteiger partial charge in [-0.1, -0.05) is 11.6 Å². The van der Waals surface area contributed by atoms with Gasteiger partial charge in [-0.25, -0.2) is 18.6 Å². The van der Waals surface area contributed by atoms with Crippen molar-refractivity contribution in [2.24, 2.45) is 0 Å². The number of H-pyrrole nitrogens is 1. The van der Waals surface area contributed by atoms with Crippen molar-refractivity contribution in [1.82, 2.24) is 9.97 Å². The predicted octanol–water partition coefficient (Wildman–Crippen LogP) is 3.51. The van der Waals surface area contributed by atoms with Crippen molar-refractivity contribution in [2.45, 2.75) is 6.92 Å². The van der Waals surface area contributed by atoms with Gasteiger partial charge in [0, 0.05) is 6.07 Å². The van der Waals surface area contributed by atoms with E-state index in [-0.39, 0.29) is 16.9 Å². The first-order valence-electron chi connectivity index (χ1n) is 6.15. The standard InChI is InChI=1S/C15H10F2N2O2/c1-7-2-3-10(16)8(4-7)14-18-12-5-9(15(20)21)11(17)6-13(12)19-14/h2-6H,1H3,(H,18,19)(H,20,21). The first-order chi connectivity index (χ1) is 9.95. The van der Waals surface area contributed by atoms with Gasteiger partial charge in [0.05, 0.1) is 22.2 Å². The number of nitrogens with zero attached hydrogens (tertiary/aromatic N) is 1. The third-order valence-corrected chi connectivity index (χ3v) is 3.18. The van der Waals surface area contributed by atoms with E-state index in [2.05, 4.69) is 9.97 Å². The minimum atomic E-state index is -1.37. The number of imidazole rings is 1. The van der Waals surface area contributed by atoms with E-state index in [4.69, 9.17) is 5.11 Å². The maximum Gasteiger partial charge on any atom is 0.338 e. The highest BCUT2D eigenvalue weighted by atomic mass is 19.1. The third-order valence-electron chi connectivity index (χ3n) is 3.18. The van der Waals surface area contributed by atoms with E-state index >= 15 is 0 Å². The van der Waals surface area contributed by atoms with Crippen LogP contribution in [0.2, 0.25) is 0 Å². The van der Waals surface area contributed by atoms with Crippen LogP contribution in [0.3, 0.4) is 0 Å². The number of hydrogen-bond donors (Lipinski definition) is 2. The van der Waals surface area contributed by atoms with Gasteiger partial charge in [-0.3, -0.25) is 0 Å². The van der Waals surface area contributed by atoms with Crippen molar-refractivity contribution in [3.63, 3.8) is 0 Å². The second-order valence-electron chi connectivity index (χ2n) is 4.72. The number of benzene rings is 2. The molecule has 0 bridgehead atoms. The highest BCUT2D eigenvalue weighted by molar-refractivity contribution is 5.93. The first-order valence-corrected chi connectivity index (χ1v) is 6.15. The van der Waals surface area contributed by atoms with Crippen molar-refractivity contribution in [3.8, 4) is 11.4 Å². The highest BCUT2D eigenvalue weighted by Crippen LogP contribution is 2.25. The lowest BCUT2D eigenvalue weighted by molar-refractivity contribution is 0.0692. The van der Waals surface area contributed by atoms with Gasteiger partial charge in [-0.05, 0) is 25.1 Å². The number of aryl methyl sites for hydroxylation is 1. The number of rotatable bonds is 2. The number of halogens is 2. The molecule has 6 heteroatoms. The quantitative estimate of drug-likeness (QED) is 0.758. The van der Waals surface area contributed by atoms with Gasteiger partial charge in [-0.2, -0.15) is 0 Å². The van der Waals surface area contributed by atoms with Gasteiger partial charge in [-0.15, -0.1) is 0 Å². The normalized spacial score (nSPS) is 11.0. The lowest BCUT2D eigenvalue weighted by Crippen LogP contribution is -1.99. The Kier molecular flexibility index (Phi) is 2.94. The lowest BCUT2D eigenvalue weighted by atomic mass is 10.1. The van der Waals surface area contributed by atoms with Crippen LogP contribution in [-0.2, 0) is 0 Å². The number of fused-ring (bicyclic) bond motifs is 1. The van der Waals surface area contributed by atoms with Crippen molar-refractivity contribution in [2.75, 3.05) is 0 Å². The Labute approximate surface area is 118 Å². The summed E-state index contributed by atoms with van der Waals surface area (Å²) in [5.41, 5.74) is 1.22. The summed E-state index contributed by atoms with van der Waals surface area (Å²) in [5.74, 6) is -2.47. The second-order valence-corrected chi connectivity index (χ2v) is 4.72. The van der Waals surface area contributed by atoms with E-state index in [1.54, 1.807) is 12.1 Å². The Balaban J connectivity index is 2.21. The molecule has 0 aliphatic rings.